The topological polar surface area (TPSA) is 32.5 Å². The highest BCUT2D eigenvalue weighted by atomic mass is 15.2. The van der Waals surface area contributed by atoms with Crippen molar-refractivity contribution in [1.82, 2.24) is 9.80 Å². The number of rotatable bonds is 6. The SMILES string of the molecule is CN(CCN1CCCC1)CC1(c2ccc(N)cc2)CC1. The van der Waals surface area contributed by atoms with Gasteiger partial charge < -0.3 is 15.5 Å². The third-order valence-corrected chi connectivity index (χ3v) is 4.95. The van der Waals surface area contributed by atoms with Crippen molar-refractivity contribution in [1.29, 1.82) is 0 Å². The van der Waals surface area contributed by atoms with Crippen molar-refractivity contribution in [2.75, 3.05) is 45.5 Å². The number of nitrogen functional groups attached to an aromatic ring is 1. The molecule has 2 aliphatic rings. The molecule has 3 rings (SSSR count). The maximum absolute atomic E-state index is 5.79. The van der Waals surface area contributed by atoms with E-state index in [1.54, 1.807) is 0 Å². The first-order valence-electron chi connectivity index (χ1n) is 7.95. The second-order valence-electron chi connectivity index (χ2n) is 6.69. The van der Waals surface area contributed by atoms with Crippen LogP contribution in [0, 0.1) is 0 Å². The van der Waals surface area contributed by atoms with Crippen LogP contribution in [-0.2, 0) is 5.41 Å². The normalized spacial score (nSPS) is 21.5. The summed E-state index contributed by atoms with van der Waals surface area (Å²) in [7, 11) is 2.27. The van der Waals surface area contributed by atoms with Gasteiger partial charge in [-0.2, -0.15) is 0 Å². The lowest BCUT2D eigenvalue weighted by molar-refractivity contribution is 0.243. The van der Waals surface area contributed by atoms with Gasteiger partial charge in [0.2, 0.25) is 0 Å². The quantitative estimate of drug-likeness (QED) is 0.807. The fraction of sp³-hybridized carbons (Fsp3) is 0.647. The van der Waals surface area contributed by atoms with E-state index in [0.29, 0.717) is 5.41 Å². The van der Waals surface area contributed by atoms with Crippen molar-refractivity contribution >= 4 is 5.69 Å². The molecule has 3 nitrogen and oxygen atoms in total. The maximum atomic E-state index is 5.79. The molecule has 1 saturated carbocycles. The Morgan fingerprint density at radius 1 is 1.15 bits per heavy atom. The molecule has 1 aliphatic carbocycles. The number of hydrogen-bond donors (Lipinski definition) is 1. The number of likely N-dealkylation sites (tertiary alicyclic amines) is 1. The summed E-state index contributed by atoms with van der Waals surface area (Å²) >= 11 is 0. The van der Waals surface area contributed by atoms with E-state index < -0.39 is 0 Å². The molecule has 0 bridgehead atoms. The maximum Gasteiger partial charge on any atom is 0.0314 e. The lowest BCUT2D eigenvalue weighted by Crippen LogP contribution is -2.35. The third-order valence-electron chi connectivity index (χ3n) is 4.95. The van der Waals surface area contributed by atoms with E-state index in [1.165, 1.54) is 64.0 Å². The second kappa shape index (κ2) is 5.74. The van der Waals surface area contributed by atoms with Crippen molar-refractivity contribution in [2.24, 2.45) is 0 Å². The first kappa shape index (κ1) is 13.9. The average molecular weight is 273 g/mol. The highest BCUT2D eigenvalue weighted by molar-refractivity contribution is 5.43. The fourth-order valence-electron chi connectivity index (χ4n) is 3.44. The zero-order valence-electron chi connectivity index (χ0n) is 12.6. The first-order valence-corrected chi connectivity index (χ1v) is 7.95. The van der Waals surface area contributed by atoms with Crippen molar-refractivity contribution in [2.45, 2.75) is 31.1 Å². The molecule has 2 fully saturated rings. The monoisotopic (exact) mass is 273 g/mol. The van der Waals surface area contributed by atoms with E-state index in [9.17, 15) is 0 Å². The summed E-state index contributed by atoms with van der Waals surface area (Å²) in [5.41, 5.74) is 8.54. The summed E-state index contributed by atoms with van der Waals surface area (Å²) in [6.07, 6.45) is 5.42. The van der Waals surface area contributed by atoms with E-state index in [4.69, 9.17) is 5.73 Å². The smallest absolute Gasteiger partial charge is 0.0314 e. The van der Waals surface area contributed by atoms with Crippen LogP contribution >= 0.6 is 0 Å². The molecule has 1 aromatic carbocycles. The number of nitrogens with zero attached hydrogens (tertiary/aromatic N) is 2. The molecule has 0 atom stereocenters. The van der Waals surface area contributed by atoms with E-state index in [2.05, 4.69) is 29.0 Å². The third kappa shape index (κ3) is 3.15. The van der Waals surface area contributed by atoms with Crippen molar-refractivity contribution in [3.63, 3.8) is 0 Å². The molecule has 0 aromatic heterocycles. The van der Waals surface area contributed by atoms with Gasteiger partial charge in [0.05, 0.1) is 0 Å². The molecular formula is C17H27N3. The summed E-state index contributed by atoms with van der Waals surface area (Å²) in [4.78, 5) is 5.11. The molecule has 0 unspecified atom stereocenters. The Labute approximate surface area is 122 Å². The van der Waals surface area contributed by atoms with E-state index in [0.717, 1.165) is 5.69 Å². The zero-order valence-corrected chi connectivity index (χ0v) is 12.6. The molecule has 2 N–H and O–H groups in total. The number of nitrogens with two attached hydrogens (primary N) is 1. The summed E-state index contributed by atoms with van der Waals surface area (Å²) in [6.45, 7) is 6.21. The Kier molecular flexibility index (Phi) is 3.99. The summed E-state index contributed by atoms with van der Waals surface area (Å²) in [6, 6.07) is 8.52. The molecule has 20 heavy (non-hydrogen) atoms. The number of likely N-dealkylation sites (N-methyl/N-ethyl adjacent to an activating group) is 1. The highest BCUT2D eigenvalue weighted by Crippen LogP contribution is 2.48. The number of hydrogen-bond acceptors (Lipinski definition) is 3. The molecule has 3 heteroatoms. The summed E-state index contributed by atoms with van der Waals surface area (Å²) in [5, 5.41) is 0. The largest absolute Gasteiger partial charge is 0.399 e. The Morgan fingerprint density at radius 2 is 1.80 bits per heavy atom. The molecule has 1 heterocycles. The minimum Gasteiger partial charge on any atom is -0.399 e. The van der Waals surface area contributed by atoms with Gasteiger partial charge in [0.25, 0.3) is 0 Å². The van der Waals surface area contributed by atoms with E-state index in [1.807, 2.05) is 12.1 Å². The lowest BCUT2D eigenvalue weighted by Gasteiger charge is -2.26. The highest BCUT2D eigenvalue weighted by Gasteiger charge is 2.44. The molecule has 0 amide bonds. The Morgan fingerprint density at radius 3 is 2.40 bits per heavy atom. The summed E-state index contributed by atoms with van der Waals surface area (Å²) < 4.78 is 0. The van der Waals surface area contributed by atoms with Gasteiger partial charge >= 0.3 is 0 Å². The van der Waals surface area contributed by atoms with Crippen LogP contribution in [-0.4, -0.2) is 49.6 Å². The van der Waals surface area contributed by atoms with Crippen LogP contribution in [0.4, 0.5) is 5.69 Å². The molecular weight excluding hydrogens is 246 g/mol. The molecule has 1 aliphatic heterocycles. The number of benzene rings is 1. The number of anilines is 1. The predicted molar refractivity (Wildman–Crippen MR) is 84.9 cm³/mol. The van der Waals surface area contributed by atoms with Gasteiger partial charge in [-0.1, -0.05) is 12.1 Å². The molecule has 1 aromatic rings. The van der Waals surface area contributed by atoms with Gasteiger partial charge in [-0.25, -0.2) is 0 Å². The molecule has 0 spiro atoms. The molecule has 110 valence electrons. The predicted octanol–water partition coefficient (Wildman–Crippen LogP) is 2.33. The minimum atomic E-state index is 0.410. The van der Waals surface area contributed by atoms with Gasteiger partial charge in [-0.3, -0.25) is 0 Å². The Balaban J connectivity index is 1.52. The van der Waals surface area contributed by atoms with Crippen molar-refractivity contribution in [3.05, 3.63) is 29.8 Å². The minimum absolute atomic E-state index is 0.410. The lowest BCUT2D eigenvalue weighted by atomic mass is 9.95. The van der Waals surface area contributed by atoms with Crippen LogP contribution < -0.4 is 5.73 Å². The van der Waals surface area contributed by atoms with Crippen LogP contribution in [0.2, 0.25) is 0 Å². The van der Waals surface area contributed by atoms with Crippen LogP contribution in [0.25, 0.3) is 0 Å². The Hall–Kier alpha value is -1.06. The zero-order chi connectivity index (χ0) is 14.0. The first-order chi connectivity index (χ1) is 9.68. The van der Waals surface area contributed by atoms with Crippen LogP contribution in [0.3, 0.4) is 0 Å². The van der Waals surface area contributed by atoms with Gasteiger partial charge in [0.1, 0.15) is 0 Å². The van der Waals surface area contributed by atoms with Gasteiger partial charge in [0.15, 0.2) is 0 Å². The Bertz CT molecular complexity index is 430. The molecule has 1 saturated heterocycles. The van der Waals surface area contributed by atoms with Crippen molar-refractivity contribution < 1.29 is 0 Å². The summed E-state index contributed by atoms with van der Waals surface area (Å²) in [5.74, 6) is 0. The molecule has 0 radical (unpaired) electrons. The van der Waals surface area contributed by atoms with E-state index >= 15 is 0 Å². The van der Waals surface area contributed by atoms with Gasteiger partial charge in [-0.05, 0) is 63.5 Å². The standard InChI is InChI=1S/C17H27N3/c1-19(12-13-20-10-2-3-11-20)14-17(8-9-17)15-4-6-16(18)7-5-15/h4-7H,2-3,8-14,18H2,1H3. The second-order valence-corrected chi connectivity index (χ2v) is 6.69. The van der Waals surface area contributed by atoms with Gasteiger partial charge in [-0.15, -0.1) is 0 Å². The van der Waals surface area contributed by atoms with Crippen LogP contribution in [0.1, 0.15) is 31.2 Å². The van der Waals surface area contributed by atoms with Crippen LogP contribution in [0.5, 0.6) is 0 Å². The van der Waals surface area contributed by atoms with Gasteiger partial charge in [0, 0.05) is 30.7 Å². The van der Waals surface area contributed by atoms with Crippen LogP contribution in [0.15, 0.2) is 24.3 Å². The van der Waals surface area contributed by atoms with E-state index in [-0.39, 0.29) is 0 Å². The van der Waals surface area contributed by atoms with Crippen molar-refractivity contribution in [3.8, 4) is 0 Å². The fourth-order valence-corrected chi connectivity index (χ4v) is 3.44. The average Bonchev–Trinajstić information content (AvgIpc) is 3.03.